The van der Waals surface area contributed by atoms with E-state index in [0.29, 0.717) is 18.3 Å². The molecule has 1 aromatic rings. The van der Waals surface area contributed by atoms with Gasteiger partial charge in [-0.25, -0.2) is 0 Å². The van der Waals surface area contributed by atoms with Crippen LogP contribution < -0.4 is 16.4 Å². The van der Waals surface area contributed by atoms with Crippen LogP contribution in [0.3, 0.4) is 0 Å². The molecular weight excluding hydrogens is 290 g/mol. The van der Waals surface area contributed by atoms with Crippen LogP contribution in [0.15, 0.2) is 18.2 Å². The van der Waals surface area contributed by atoms with Gasteiger partial charge in [0.1, 0.15) is 0 Å². The number of carbonyl (C=O) groups is 2. The summed E-state index contributed by atoms with van der Waals surface area (Å²) in [5, 5.41) is 5.96. The Kier molecular flexibility index (Phi) is 3.60. The quantitative estimate of drug-likeness (QED) is 0.783. The second-order valence-electron chi connectivity index (χ2n) is 7.20. The van der Waals surface area contributed by atoms with Gasteiger partial charge in [-0.3, -0.25) is 9.59 Å². The summed E-state index contributed by atoms with van der Waals surface area (Å²) in [5.41, 5.74) is 9.01. The molecule has 2 aliphatic carbocycles. The summed E-state index contributed by atoms with van der Waals surface area (Å²) in [6, 6.07) is 5.74. The zero-order valence-electron chi connectivity index (χ0n) is 13.2. The number of benzene rings is 1. The van der Waals surface area contributed by atoms with Crippen LogP contribution in [-0.2, 0) is 16.0 Å². The lowest BCUT2D eigenvalue weighted by Crippen LogP contribution is -2.42. The van der Waals surface area contributed by atoms with Gasteiger partial charge in [0.2, 0.25) is 11.8 Å². The Morgan fingerprint density at radius 1 is 1.22 bits per heavy atom. The number of carbonyl (C=O) groups excluding carboxylic acids is 2. The molecule has 5 nitrogen and oxygen atoms in total. The van der Waals surface area contributed by atoms with Gasteiger partial charge >= 0.3 is 0 Å². The normalized spacial score (nSPS) is 32.1. The van der Waals surface area contributed by atoms with Crippen LogP contribution in [0.2, 0.25) is 0 Å². The van der Waals surface area contributed by atoms with Crippen molar-refractivity contribution in [1.82, 2.24) is 0 Å². The van der Waals surface area contributed by atoms with Crippen LogP contribution >= 0.6 is 0 Å². The minimum absolute atomic E-state index is 0.00821. The van der Waals surface area contributed by atoms with E-state index in [1.165, 1.54) is 6.42 Å². The lowest BCUT2D eigenvalue weighted by atomic mass is 9.84. The van der Waals surface area contributed by atoms with E-state index in [1.54, 1.807) is 0 Å². The Morgan fingerprint density at radius 2 is 2.04 bits per heavy atom. The molecule has 0 saturated heterocycles. The summed E-state index contributed by atoms with van der Waals surface area (Å²) < 4.78 is 0. The van der Waals surface area contributed by atoms with Crippen molar-refractivity contribution in [3.8, 4) is 0 Å². The molecule has 0 spiro atoms. The topological polar surface area (TPSA) is 84.2 Å². The number of aryl methyl sites for hydroxylation is 1. The van der Waals surface area contributed by atoms with Gasteiger partial charge in [-0.05, 0) is 67.7 Å². The number of fused-ring (bicyclic) bond motifs is 3. The van der Waals surface area contributed by atoms with Gasteiger partial charge in [0.25, 0.3) is 0 Å². The van der Waals surface area contributed by atoms with E-state index < -0.39 is 0 Å². The average Bonchev–Trinajstić information content (AvgIpc) is 3.05. The third kappa shape index (κ3) is 2.63. The standard InChI is InChI=1S/C18H23N3O2/c19-17-12-5-4-11(8-12)16(17)18(23)20-13-6-7-14-10(9-13)2-1-3-15(22)21-14/h6-7,9,11-12,16-17H,1-5,8,19H2,(H,20,23)(H,21,22). The maximum absolute atomic E-state index is 12.6. The molecule has 3 aliphatic rings. The van der Waals surface area contributed by atoms with E-state index in [2.05, 4.69) is 10.6 Å². The average molecular weight is 313 g/mol. The maximum Gasteiger partial charge on any atom is 0.229 e. The van der Waals surface area contributed by atoms with Crippen LogP contribution in [0.5, 0.6) is 0 Å². The second-order valence-corrected chi connectivity index (χ2v) is 7.20. The highest BCUT2D eigenvalue weighted by Gasteiger charge is 2.49. The van der Waals surface area contributed by atoms with Gasteiger partial charge in [-0.2, -0.15) is 0 Å². The first-order valence-corrected chi connectivity index (χ1v) is 8.61. The second kappa shape index (κ2) is 5.64. The lowest BCUT2D eigenvalue weighted by Gasteiger charge is -2.27. The van der Waals surface area contributed by atoms with Crippen molar-refractivity contribution < 1.29 is 9.59 Å². The lowest BCUT2D eigenvalue weighted by molar-refractivity contribution is -0.121. The maximum atomic E-state index is 12.6. The van der Waals surface area contributed by atoms with Gasteiger partial charge < -0.3 is 16.4 Å². The van der Waals surface area contributed by atoms with Crippen molar-refractivity contribution in [2.24, 2.45) is 23.5 Å². The third-order valence-electron chi connectivity index (χ3n) is 5.78. The Labute approximate surface area is 136 Å². The zero-order chi connectivity index (χ0) is 16.0. The molecule has 2 bridgehead atoms. The SMILES string of the molecule is NC1C2CCC(C2)C1C(=O)Nc1ccc2c(c1)CCCC(=O)N2. The first-order valence-electron chi connectivity index (χ1n) is 8.61. The summed E-state index contributed by atoms with van der Waals surface area (Å²) in [5.74, 6) is 1.05. The first-order chi connectivity index (χ1) is 11.1. The number of anilines is 2. The number of hydrogen-bond acceptors (Lipinski definition) is 3. The monoisotopic (exact) mass is 313 g/mol. The minimum Gasteiger partial charge on any atom is -0.327 e. The van der Waals surface area contributed by atoms with E-state index in [4.69, 9.17) is 5.73 Å². The molecule has 2 fully saturated rings. The Balaban J connectivity index is 1.50. The van der Waals surface area contributed by atoms with Crippen molar-refractivity contribution in [1.29, 1.82) is 0 Å². The Morgan fingerprint density at radius 3 is 2.83 bits per heavy atom. The summed E-state index contributed by atoms with van der Waals surface area (Å²) in [6.07, 6.45) is 5.66. The molecule has 4 rings (SSSR count). The van der Waals surface area contributed by atoms with Crippen molar-refractivity contribution in [2.75, 3.05) is 10.6 Å². The molecule has 122 valence electrons. The molecule has 1 aromatic carbocycles. The molecule has 4 unspecified atom stereocenters. The highest BCUT2D eigenvalue weighted by Crippen LogP contribution is 2.48. The van der Waals surface area contributed by atoms with Crippen LogP contribution in [-0.4, -0.2) is 17.9 Å². The zero-order valence-corrected chi connectivity index (χ0v) is 13.2. The van der Waals surface area contributed by atoms with Gasteiger partial charge in [0, 0.05) is 23.8 Å². The number of nitrogens with one attached hydrogen (secondary N) is 2. The Hall–Kier alpha value is -1.88. The first kappa shape index (κ1) is 14.7. The highest BCUT2D eigenvalue weighted by atomic mass is 16.2. The molecule has 2 saturated carbocycles. The summed E-state index contributed by atoms with van der Waals surface area (Å²) in [4.78, 5) is 24.2. The molecule has 4 N–H and O–H groups in total. The van der Waals surface area contributed by atoms with E-state index in [9.17, 15) is 9.59 Å². The minimum atomic E-state index is -0.0488. The van der Waals surface area contributed by atoms with Gasteiger partial charge in [-0.15, -0.1) is 0 Å². The van der Waals surface area contributed by atoms with Gasteiger partial charge in [0.05, 0.1) is 5.92 Å². The van der Waals surface area contributed by atoms with E-state index >= 15 is 0 Å². The van der Waals surface area contributed by atoms with Crippen molar-refractivity contribution in [3.63, 3.8) is 0 Å². The predicted molar refractivity (Wildman–Crippen MR) is 88.9 cm³/mol. The van der Waals surface area contributed by atoms with Crippen LogP contribution in [0.1, 0.15) is 37.7 Å². The van der Waals surface area contributed by atoms with Gasteiger partial charge in [-0.1, -0.05) is 0 Å². The fourth-order valence-corrected chi connectivity index (χ4v) is 4.60. The van der Waals surface area contributed by atoms with Crippen LogP contribution in [0, 0.1) is 17.8 Å². The van der Waals surface area contributed by atoms with Crippen molar-refractivity contribution in [2.45, 2.75) is 44.6 Å². The molecule has 23 heavy (non-hydrogen) atoms. The molecule has 2 amide bonds. The molecule has 5 heteroatoms. The summed E-state index contributed by atoms with van der Waals surface area (Å²) in [6.45, 7) is 0. The molecule has 4 atom stereocenters. The molecule has 1 aliphatic heterocycles. The largest absolute Gasteiger partial charge is 0.327 e. The van der Waals surface area contributed by atoms with E-state index in [0.717, 1.165) is 42.6 Å². The predicted octanol–water partition coefficient (Wildman–Crippen LogP) is 2.27. The van der Waals surface area contributed by atoms with Crippen LogP contribution in [0.25, 0.3) is 0 Å². The molecule has 1 heterocycles. The van der Waals surface area contributed by atoms with Gasteiger partial charge in [0.15, 0.2) is 0 Å². The smallest absolute Gasteiger partial charge is 0.229 e. The fraction of sp³-hybridized carbons (Fsp3) is 0.556. The van der Waals surface area contributed by atoms with Crippen LogP contribution in [0.4, 0.5) is 11.4 Å². The molecule has 0 aromatic heterocycles. The van der Waals surface area contributed by atoms with Crippen molar-refractivity contribution >= 4 is 23.2 Å². The summed E-state index contributed by atoms with van der Waals surface area (Å²) in [7, 11) is 0. The van der Waals surface area contributed by atoms with E-state index in [1.807, 2.05) is 18.2 Å². The highest BCUT2D eigenvalue weighted by molar-refractivity contribution is 5.95. The van der Waals surface area contributed by atoms with Crippen molar-refractivity contribution in [3.05, 3.63) is 23.8 Å². The third-order valence-corrected chi connectivity index (χ3v) is 5.78. The Bertz CT molecular complexity index is 656. The number of rotatable bonds is 2. The van der Waals surface area contributed by atoms with E-state index in [-0.39, 0.29) is 23.8 Å². The summed E-state index contributed by atoms with van der Waals surface area (Å²) >= 11 is 0. The number of nitrogens with two attached hydrogens (primary N) is 1. The molecule has 0 radical (unpaired) electrons. The fourth-order valence-electron chi connectivity index (χ4n) is 4.60. The molecular formula is C18H23N3O2. The number of hydrogen-bond donors (Lipinski definition) is 3. The number of amides is 2.